The first-order valence-corrected chi connectivity index (χ1v) is 35.2. The number of benzene rings is 4. The Morgan fingerprint density at radius 1 is 0.533 bits per heavy atom. The van der Waals surface area contributed by atoms with Gasteiger partial charge >= 0.3 is 0 Å². The number of fused-ring (bicyclic) bond motifs is 2. The Kier molecular flexibility index (Phi) is 22.8. The molecule has 24 heteroatoms. The van der Waals surface area contributed by atoms with Crippen LogP contribution in [0.4, 0.5) is 5.69 Å². The van der Waals surface area contributed by atoms with Crippen molar-refractivity contribution in [3.8, 4) is 0 Å². The van der Waals surface area contributed by atoms with Gasteiger partial charge in [-0.2, -0.15) is 18.8 Å². The third-order valence-electron chi connectivity index (χ3n) is 19.2. The van der Waals surface area contributed by atoms with Gasteiger partial charge in [-0.15, -0.1) is 12.4 Å². The van der Waals surface area contributed by atoms with E-state index in [4.69, 9.17) is 10.1 Å². The summed E-state index contributed by atoms with van der Waals surface area (Å²) in [7, 11) is 4.49. The number of pyridine rings is 2. The van der Waals surface area contributed by atoms with Crippen molar-refractivity contribution in [3.63, 3.8) is 0 Å². The maximum Gasteiger partial charge on any atom is 0.253 e. The number of hydrogen-bond donors (Lipinski definition) is 1. The average molecular weight is 1380 g/mol. The number of likely N-dealkylation sites (tertiary alicyclic amines) is 2. The summed E-state index contributed by atoms with van der Waals surface area (Å²) in [6.07, 6.45) is 12.1. The monoisotopic (exact) mass is 1370 g/mol. The van der Waals surface area contributed by atoms with Crippen LogP contribution in [0.1, 0.15) is 109 Å². The minimum absolute atomic E-state index is 0. The molecule has 92 heavy (non-hydrogen) atoms. The zero-order valence-corrected chi connectivity index (χ0v) is 58.1. The lowest BCUT2D eigenvalue weighted by Gasteiger charge is -2.45. The number of piperidine rings is 4. The van der Waals surface area contributed by atoms with Crippen molar-refractivity contribution in [2.75, 3.05) is 99.5 Å². The predicted octanol–water partition coefficient (Wildman–Crippen LogP) is 9.29. The first kappa shape index (κ1) is 69.7. The van der Waals surface area contributed by atoms with Crippen LogP contribution in [0.5, 0.6) is 0 Å². The van der Waals surface area contributed by atoms with Crippen LogP contribution in [0.25, 0.3) is 11.3 Å². The van der Waals surface area contributed by atoms with E-state index in [2.05, 4.69) is 66.2 Å². The average Bonchev–Trinajstić information content (AvgIpc) is 0.893. The lowest BCUT2D eigenvalue weighted by Crippen LogP contribution is -2.54. The second kappa shape index (κ2) is 30.2. The van der Waals surface area contributed by atoms with Gasteiger partial charge in [0.15, 0.2) is 22.9 Å². The minimum atomic E-state index is -3.59. The molecule has 0 aliphatic carbocycles. The fraction of sp³-hybridized carbons (Fsp3) is 0.441. The Morgan fingerprint density at radius 3 is 1.35 bits per heavy atom. The molecule has 0 unspecified atom stereocenters. The van der Waals surface area contributed by atoms with Crippen LogP contribution < -0.4 is 10.2 Å². The third kappa shape index (κ3) is 16.1. The summed E-state index contributed by atoms with van der Waals surface area (Å²) < 4.78 is 59.4. The molecule has 0 spiro atoms. The van der Waals surface area contributed by atoms with Crippen molar-refractivity contribution in [2.24, 2.45) is 0 Å². The van der Waals surface area contributed by atoms with Crippen molar-refractivity contribution >= 4 is 77.2 Å². The zero-order valence-electron chi connectivity index (χ0n) is 54.1. The Balaban J connectivity index is 0.000000180. The molecule has 0 bridgehead atoms. The van der Waals surface area contributed by atoms with Crippen LogP contribution in [0, 0.1) is 0 Å². The second-order valence-corrected chi connectivity index (χ2v) is 30.1. The van der Waals surface area contributed by atoms with Crippen LogP contribution in [-0.2, 0) is 32.9 Å². The summed E-state index contributed by atoms with van der Waals surface area (Å²) >= 11 is 3.50. The van der Waals surface area contributed by atoms with Crippen LogP contribution in [-0.4, -0.2) is 204 Å². The number of carbonyl (C=O) groups excluding carboxylic acids is 2. The van der Waals surface area contributed by atoms with E-state index in [-0.39, 0.29) is 35.8 Å². The largest absolute Gasteiger partial charge is 0.368 e. The maximum atomic E-state index is 13.3. The highest BCUT2D eigenvalue weighted by atomic mass is 79.9. The minimum Gasteiger partial charge on any atom is -0.368 e. The van der Waals surface area contributed by atoms with E-state index in [1.54, 1.807) is 71.4 Å². The number of sulfonamides is 2. The van der Waals surface area contributed by atoms with Gasteiger partial charge in [0.05, 0.1) is 20.0 Å². The molecule has 2 amide bonds. The number of rotatable bonds is 15. The Morgan fingerprint density at radius 2 is 0.924 bits per heavy atom. The molecule has 492 valence electrons. The fourth-order valence-electron chi connectivity index (χ4n) is 12.6. The molecule has 8 heterocycles. The molecule has 4 aliphatic rings. The fourth-order valence-corrected chi connectivity index (χ4v) is 16.1. The number of carbonyl (C=O) groups is 2. The molecule has 4 saturated heterocycles. The molecule has 0 radical (unpaired) electrons. The number of nitrogens with one attached hydrogen (secondary N) is 1. The Labute approximate surface area is 557 Å². The molecule has 12 rings (SSSR count). The second-order valence-electron chi connectivity index (χ2n) is 25.3. The first-order chi connectivity index (χ1) is 43.5. The summed E-state index contributed by atoms with van der Waals surface area (Å²) in [5.41, 5.74) is 5.36. The van der Waals surface area contributed by atoms with Crippen LogP contribution >= 0.6 is 28.3 Å². The number of anilines is 1. The number of amides is 2. The first-order valence-electron chi connectivity index (χ1n) is 31.5. The number of halogens is 2. The van der Waals surface area contributed by atoms with Crippen molar-refractivity contribution < 1.29 is 26.4 Å². The van der Waals surface area contributed by atoms with Gasteiger partial charge in [-0.25, -0.2) is 35.8 Å². The molecule has 4 aliphatic heterocycles. The molecule has 4 aromatic carbocycles. The molecule has 0 atom stereocenters. The van der Waals surface area contributed by atoms with E-state index in [0.29, 0.717) is 66.0 Å². The molecular formula is C68H88BrClN14O6S2. The molecule has 20 nitrogen and oxygen atoms in total. The normalized spacial score (nSPS) is 17.5. The Hall–Kier alpha value is -6.67. The van der Waals surface area contributed by atoms with Gasteiger partial charge in [0, 0.05) is 101 Å². The smallest absolute Gasteiger partial charge is 0.253 e. The highest BCUT2D eigenvalue weighted by molar-refractivity contribution is 9.10. The molecule has 4 aromatic heterocycles. The van der Waals surface area contributed by atoms with Crippen LogP contribution in [0.3, 0.4) is 0 Å². The van der Waals surface area contributed by atoms with Crippen molar-refractivity contribution in [1.82, 2.24) is 62.7 Å². The van der Waals surface area contributed by atoms with Crippen LogP contribution in [0.2, 0.25) is 0 Å². The van der Waals surface area contributed by atoms with Gasteiger partial charge in [-0.1, -0.05) is 60.7 Å². The molecular weight excluding hydrogens is 1290 g/mol. The number of aromatic nitrogens is 6. The highest BCUT2D eigenvalue weighted by Crippen LogP contribution is 2.36. The highest BCUT2D eigenvalue weighted by Gasteiger charge is 2.41. The summed E-state index contributed by atoms with van der Waals surface area (Å²) in [4.78, 5) is 46.9. The summed E-state index contributed by atoms with van der Waals surface area (Å²) in [6, 6.07) is 41.4. The van der Waals surface area contributed by atoms with E-state index in [0.717, 1.165) is 122 Å². The van der Waals surface area contributed by atoms with Gasteiger partial charge in [0.1, 0.15) is 0 Å². The number of nitrogens with zero attached hydrogens (tertiary/aromatic N) is 13. The molecule has 1 N–H and O–H groups in total. The molecule has 4 fully saturated rings. The summed E-state index contributed by atoms with van der Waals surface area (Å²) in [6.45, 7) is 11.3. The zero-order chi connectivity index (χ0) is 64.7. The van der Waals surface area contributed by atoms with Crippen molar-refractivity contribution in [2.45, 2.75) is 111 Å². The Bertz CT molecular complexity index is 3990. The third-order valence-corrected chi connectivity index (χ3v) is 23.8. The maximum absolute atomic E-state index is 13.3. The van der Waals surface area contributed by atoms with Crippen molar-refractivity contribution in [1.29, 1.82) is 0 Å². The number of hydrogen-bond acceptors (Lipinski definition) is 14. The van der Waals surface area contributed by atoms with E-state index >= 15 is 0 Å². The quantitative estimate of drug-likeness (QED) is 0.102. The topological polar surface area (TPSA) is 198 Å². The van der Waals surface area contributed by atoms with E-state index < -0.39 is 25.6 Å². The lowest BCUT2D eigenvalue weighted by molar-refractivity contribution is 0.0652. The van der Waals surface area contributed by atoms with Gasteiger partial charge in [-0.3, -0.25) is 9.59 Å². The van der Waals surface area contributed by atoms with Gasteiger partial charge < -0.3 is 29.8 Å². The summed E-state index contributed by atoms with van der Waals surface area (Å²) in [5, 5.41) is 12.5. The van der Waals surface area contributed by atoms with E-state index in [1.165, 1.54) is 4.31 Å². The SMILES string of the molecule is CN(C1(C)CCNCC1)S(=O)(=O)c1ccccc1.CN1CCC(N(C)C(=O)c2ccc(Cc3nc4c(Br)cccn4n3)cc2)CC1.CN1CCC(N(C)C(=O)c2ccc(Cc3nc4c(N5CCC(C)(N(C)S(=O)(=O)c6ccccc6)CC5)cccn4n3)cc2)CC1.Cl. The van der Waals surface area contributed by atoms with E-state index in [9.17, 15) is 26.4 Å². The van der Waals surface area contributed by atoms with Gasteiger partial charge in [0.2, 0.25) is 20.0 Å². The lowest BCUT2D eigenvalue weighted by atomic mass is 9.89. The van der Waals surface area contributed by atoms with Gasteiger partial charge in [0.25, 0.3) is 11.8 Å². The molecule has 8 aromatic rings. The predicted molar refractivity (Wildman–Crippen MR) is 368 cm³/mol. The standard InChI is InChI=1S/C34H43N7O3S.C21H24BrN5O.C13H20N2O2S.ClH/c1-34(39(4)45(43,44)29-9-6-5-7-10-29)18-23-40(24-19-34)30-11-8-20-41-32(30)35-31(36-41)25-26-12-14-27(15-13-26)33(42)38(3)28-16-21-37(2)22-17-28;1-25-12-9-17(10-13-25)26(2)21(28)16-7-5-15(6-8-16)14-19-23-20-18(22)4-3-11-27(20)24-19;1-13(8-10-14-11-9-13)15(2)18(16,17)12-6-4-3-5-7-12;/h5-15,20,28H,16-19,21-25H2,1-4H3;3-8,11,17H,9-10,12-14H2,1-2H3;3-7,14H,8-11H2,1-2H3;1H. The summed E-state index contributed by atoms with van der Waals surface area (Å²) in [5.74, 6) is 1.62. The van der Waals surface area contributed by atoms with E-state index in [1.807, 2.05) is 134 Å². The van der Waals surface area contributed by atoms with Crippen molar-refractivity contribution in [3.05, 3.63) is 184 Å². The van der Waals surface area contributed by atoms with Gasteiger partial charge in [-0.05, 0) is 218 Å². The van der Waals surface area contributed by atoms with Crippen LogP contribution in [0.15, 0.2) is 160 Å². The molecule has 0 saturated carbocycles.